The summed E-state index contributed by atoms with van der Waals surface area (Å²) in [5.41, 5.74) is 1.56. The van der Waals surface area contributed by atoms with Crippen LogP contribution in [0.2, 0.25) is 0 Å². The lowest BCUT2D eigenvalue weighted by molar-refractivity contribution is 0.257. The largest absolute Gasteiger partial charge is 0.179 e. The molecule has 0 radical (unpaired) electrons. The van der Waals surface area contributed by atoms with Crippen molar-refractivity contribution in [2.24, 2.45) is 29.6 Å². The molecule has 0 nitrogen and oxygen atoms in total. The van der Waals surface area contributed by atoms with Gasteiger partial charge in [-0.05, 0) is 54.6 Å². The van der Waals surface area contributed by atoms with E-state index in [9.17, 15) is 0 Å². The summed E-state index contributed by atoms with van der Waals surface area (Å²) >= 11 is 4.48. The van der Waals surface area contributed by atoms with E-state index in [1.807, 2.05) is 0 Å². The minimum Gasteiger partial charge on any atom is -0.179 e. The normalized spacial score (nSPS) is 53.0. The minimum atomic E-state index is 0.771. The second-order valence-electron chi connectivity index (χ2n) is 5.13. The van der Waals surface area contributed by atoms with E-state index in [1.165, 1.54) is 25.7 Å². The number of hydrogen-bond donors (Lipinski definition) is 1. The van der Waals surface area contributed by atoms with Crippen LogP contribution in [-0.2, 0) is 0 Å². The Labute approximate surface area is 86.2 Å². The lowest BCUT2D eigenvalue weighted by Crippen LogP contribution is -2.27. The smallest absolute Gasteiger partial charge is 0.00294 e. The summed E-state index contributed by atoms with van der Waals surface area (Å²) < 4.78 is 0. The summed E-state index contributed by atoms with van der Waals surface area (Å²) in [5, 5.41) is 0. The SMILES string of the molecule is C=C1[C@@H]2C[C@@H]([C@H]3CCC[C@H]32)[C@H]1CS. The van der Waals surface area contributed by atoms with Gasteiger partial charge in [-0.3, -0.25) is 0 Å². The fourth-order valence-electron chi connectivity index (χ4n) is 4.38. The van der Waals surface area contributed by atoms with E-state index >= 15 is 0 Å². The summed E-state index contributed by atoms with van der Waals surface area (Å²) in [5.74, 6) is 5.79. The molecule has 0 saturated heterocycles. The van der Waals surface area contributed by atoms with E-state index in [0.717, 1.165) is 35.3 Å². The Kier molecular flexibility index (Phi) is 1.80. The number of hydrogen-bond acceptors (Lipinski definition) is 1. The number of thiol groups is 1. The average Bonchev–Trinajstić information content (AvgIpc) is 2.71. The molecule has 0 unspecified atom stereocenters. The maximum atomic E-state index is 4.48. The zero-order chi connectivity index (χ0) is 9.00. The average molecular weight is 194 g/mol. The fraction of sp³-hybridized carbons (Fsp3) is 0.833. The number of allylic oxidation sites excluding steroid dienone is 1. The molecule has 0 aromatic carbocycles. The predicted molar refractivity (Wildman–Crippen MR) is 58.9 cm³/mol. The van der Waals surface area contributed by atoms with Crippen LogP contribution in [0.15, 0.2) is 12.2 Å². The van der Waals surface area contributed by atoms with Gasteiger partial charge in [0.1, 0.15) is 0 Å². The highest BCUT2D eigenvalue weighted by molar-refractivity contribution is 7.80. The van der Waals surface area contributed by atoms with Gasteiger partial charge in [0.05, 0.1) is 0 Å². The molecule has 0 aromatic rings. The summed E-state index contributed by atoms with van der Waals surface area (Å²) in [6.07, 6.45) is 5.93. The molecule has 3 aliphatic rings. The summed E-state index contributed by atoms with van der Waals surface area (Å²) in [6, 6.07) is 0. The first-order valence-corrected chi connectivity index (χ1v) is 6.25. The minimum absolute atomic E-state index is 0.771. The van der Waals surface area contributed by atoms with E-state index in [-0.39, 0.29) is 0 Å². The fourth-order valence-corrected chi connectivity index (χ4v) is 4.89. The lowest BCUT2D eigenvalue weighted by Gasteiger charge is -2.32. The molecule has 0 N–H and O–H groups in total. The summed E-state index contributed by atoms with van der Waals surface area (Å²) in [7, 11) is 0. The Bertz CT molecular complexity index is 246. The zero-order valence-electron chi connectivity index (χ0n) is 8.08. The van der Waals surface area contributed by atoms with Gasteiger partial charge in [0.25, 0.3) is 0 Å². The molecule has 3 rings (SSSR count). The third kappa shape index (κ3) is 0.945. The van der Waals surface area contributed by atoms with Gasteiger partial charge < -0.3 is 0 Å². The highest BCUT2D eigenvalue weighted by atomic mass is 32.1. The van der Waals surface area contributed by atoms with E-state index in [0.29, 0.717) is 0 Å². The molecule has 13 heavy (non-hydrogen) atoms. The molecule has 0 aromatic heterocycles. The number of rotatable bonds is 1. The van der Waals surface area contributed by atoms with Crippen molar-refractivity contribution in [1.29, 1.82) is 0 Å². The molecule has 2 bridgehead atoms. The number of fused-ring (bicyclic) bond motifs is 5. The van der Waals surface area contributed by atoms with E-state index < -0.39 is 0 Å². The van der Waals surface area contributed by atoms with Crippen molar-refractivity contribution in [3.8, 4) is 0 Å². The molecule has 3 fully saturated rings. The maximum absolute atomic E-state index is 4.48. The van der Waals surface area contributed by atoms with Crippen LogP contribution >= 0.6 is 12.6 Å². The molecule has 0 spiro atoms. The second kappa shape index (κ2) is 2.79. The third-order valence-electron chi connectivity index (χ3n) is 4.88. The van der Waals surface area contributed by atoms with Crippen LogP contribution in [0.3, 0.4) is 0 Å². The van der Waals surface area contributed by atoms with Crippen LogP contribution in [0.4, 0.5) is 0 Å². The Morgan fingerprint density at radius 3 is 2.77 bits per heavy atom. The van der Waals surface area contributed by atoms with Crippen LogP contribution < -0.4 is 0 Å². The third-order valence-corrected chi connectivity index (χ3v) is 5.28. The van der Waals surface area contributed by atoms with Gasteiger partial charge in [-0.25, -0.2) is 0 Å². The first-order valence-electron chi connectivity index (χ1n) is 5.62. The van der Waals surface area contributed by atoms with Gasteiger partial charge in [0.15, 0.2) is 0 Å². The van der Waals surface area contributed by atoms with Crippen LogP contribution in [0, 0.1) is 29.6 Å². The van der Waals surface area contributed by atoms with Crippen LogP contribution in [0.25, 0.3) is 0 Å². The molecule has 3 aliphatic carbocycles. The van der Waals surface area contributed by atoms with Crippen LogP contribution in [0.5, 0.6) is 0 Å². The van der Waals surface area contributed by atoms with Crippen LogP contribution in [-0.4, -0.2) is 5.75 Å². The highest BCUT2D eigenvalue weighted by Crippen LogP contribution is 2.62. The molecular weight excluding hydrogens is 176 g/mol. The standard InChI is InChI=1S/C12H18S/c1-7-10-5-11(12(7)6-13)9-4-2-3-8(9)10/h8-13H,1-6H2/t8-,9+,10+,11+,12+/m1/s1. The van der Waals surface area contributed by atoms with Crippen molar-refractivity contribution in [3.05, 3.63) is 12.2 Å². The van der Waals surface area contributed by atoms with Crippen molar-refractivity contribution in [2.75, 3.05) is 5.75 Å². The van der Waals surface area contributed by atoms with E-state index in [1.54, 1.807) is 5.57 Å². The second-order valence-corrected chi connectivity index (χ2v) is 5.49. The molecular formula is C12H18S. The topological polar surface area (TPSA) is 0 Å². The Hall–Kier alpha value is 0.0900. The van der Waals surface area contributed by atoms with Crippen molar-refractivity contribution in [2.45, 2.75) is 25.7 Å². The van der Waals surface area contributed by atoms with Gasteiger partial charge >= 0.3 is 0 Å². The Morgan fingerprint density at radius 2 is 2.00 bits per heavy atom. The van der Waals surface area contributed by atoms with Gasteiger partial charge in [-0.1, -0.05) is 18.6 Å². The molecule has 1 heteroatoms. The molecule has 0 aliphatic heterocycles. The first kappa shape index (κ1) is 8.40. The Morgan fingerprint density at radius 1 is 1.23 bits per heavy atom. The lowest BCUT2D eigenvalue weighted by atomic mass is 9.74. The highest BCUT2D eigenvalue weighted by Gasteiger charge is 2.54. The summed E-state index contributed by atoms with van der Waals surface area (Å²) in [6.45, 7) is 4.30. The molecule has 3 saturated carbocycles. The Balaban J connectivity index is 1.92. The molecule has 0 amide bonds. The van der Waals surface area contributed by atoms with Crippen molar-refractivity contribution in [3.63, 3.8) is 0 Å². The maximum Gasteiger partial charge on any atom is -0.00294 e. The molecule has 0 heterocycles. The van der Waals surface area contributed by atoms with Crippen LogP contribution in [0.1, 0.15) is 25.7 Å². The quantitative estimate of drug-likeness (QED) is 0.481. The van der Waals surface area contributed by atoms with Crippen molar-refractivity contribution < 1.29 is 0 Å². The molecule has 72 valence electrons. The zero-order valence-corrected chi connectivity index (χ0v) is 8.97. The summed E-state index contributed by atoms with van der Waals surface area (Å²) in [4.78, 5) is 0. The van der Waals surface area contributed by atoms with Gasteiger partial charge in [0.2, 0.25) is 0 Å². The molecule has 5 atom stereocenters. The first-order chi connectivity index (χ1) is 6.33. The van der Waals surface area contributed by atoms with Gasteiger partial charge in [0, 0.05) is 0 Å². The van der Waals surface area contributed by atoms with Gasteiger partial charge in [-0.2, -0.15) is 12.6 Å². The monoisotopic (exact) mass is 194 g/mol. The van der Waals surface area contributed by atoms with Crippen molar-refractivity contribution >= 4 is 12.6 Å². The van der Waals surface area contributed by atoms with E-state index in [4.69, 9.17) is 0 Å². The van der Waals surface area contributed by atoms with Crippen molar-refractivity contribution in [1.82, 2.24) is 0 Å². The predicted octanol–water partition coefficient (Wildman–Crippen LogP) is 3.15. The van der Waals surface area contributed by atoms with E-state index in [2.05, 4.69) is 19.2 Å². The van der Waals surface area contributed by atoms with Gasteiger partial charge in [-0.15, -0.1) is 0 Å².